The van der Waals surface area contributed by atoms with E-state index < -0.39 is 10.0 Å². The fourth-order valence-corrected chi connectivity index (χ4v) is 3.42. The molecule has 0 spiro atoms. The van der Waals surface area contributed by atoms with Crippen molar-refractivity contribution < 1.29 is 12.8 Å². The summed E-state index contributed by atoms with van der Waals surface area (Å²) in [6.45, 7) is 0. The summed E-state index contributed by atoms with van der Waals surface area (Å²) < 4.78 is 38.1. The summed E-state index contributed by atoms with van der Waals surface area (Å²) in [4.78, 5) is 3.75. The summed E-state index contributed by atoms with van der Waals surface area (Å²) in [6, 6.07) is 15.5. The molecular formula is C16H13BrFN3O2S. The first-order valence-electron chi connectivity index (χ1n) is 6.98. The van der Waals surface area contributed by atoms with Crippen molar-refractivity contribution in [3.8, 4) is 11.3 Å². The van der Waals surface area contributed by atoms with Gasteiger partial charge in [-0.3, -0.25) is 0 Å². The van der Waals surface area contributed by atoms with E-state index in [9.17, 15) is 12.8 Å². The van der Waals surface area contributed by atoms with Gasteiger partial charge < -0.3 is 0 Å². The Morgan fingerprint density at radius 2 is 1.75 bits per heavy atom. The zero-order chi connectivity index (χ0) is 17.2. The first kappa shape index (κ1) is 16.7. The lowest BCUT2D eigenvalue weighted by atomic mass is 10.1. The Bertz CT molecular complexity index is 941. The van der Waals surface area contributed by atoms with Crippen molar-refractivity contribution in [1.29, 1.82) is 0 Å². The number of nitrogens with zero attached hydrogens (tertiary/aromatic N) is 2. The molecule has 0 aliphatic rings. The lowest BCUT2D eigenvalue weighted by Gasteiger charge is -2.11. The molecule has 0 amide bonds. The van der Waals surface area contributed by atoms with Gasteiger partial charge >= 0.3 is 0 Å². The number of nitrogens with one attached hydrogen (secondary N) is 1. The monoisotopic (exact) mass is 409 g/mol. The Morgan fingerprint density at radius 1 is 1.08 bits per heavy atom. The highest BCUT2D eigenvalue weighted by molar-refractivity contribution is 9.08. The molecule has 8 heteroatoms. The summed E-state index contributed by atoms with van der Waals surface area (Å²) in [6.07, 6.45) is 0. The number of hydrogen-bond acceptors (Lipinski definition) is 3. The molecule has 1 heterocycles. The highest BCUT2D eigenvalue weighted by Gasteiger charge is 2.18. The summed E-state index contributed by atoms with van der Waals surface area (Å²) >= 11 is 3.30. The van der Waals surface area contributed by atoms with E-state index in [-0.39, 0.29) is 10.7 Å². The minimum Gasteiger partial charge on any atom is -0.207 e. The maximum atomic E-state index is 13.1. The van der Waals surface area contributed by atoms with Crippen molar-refractivity contribution in [1.82, 2.24) is 9.89 Å². The predicted octanol–water partition coefficient (Wildman–Crippen LogP) is 3.52. The quantitative estimate of drug-likeness (QED) is 0.655. The Hall–Kier alpha value is -2.19. The van der Waals surface area contributed by atoms with E-state index in [4.69, 9.17) is 0 Å². The molecule has 1 aromatic heterocycles. The minimum absolute atomic E-state index is 0.131. The van der Waals surface area contributed by atoms with Crippen LogP contribution in [0.25, 0.3) is 11.3 Å². The topological polar surface area (TPSA) is 64.0 Å². The van der Waals surface area contributed by atoms with Gasteiger partial charge in [0.15, 0.2) is 0 Å². The maximum absolute atomic E-state index is 13.1. The van der Waals surface area contributed by atoms with E-state index in [2.05, 4.69) is 25.9 Å². The molecule has 0 saturated heterocycles. The standard InChI is InChI=1S/C16H13BrFN3O2S/c17-11-14-10-16(12-6-8-13(18)9-7-12)21(19-14)20-24(22,23)15-4-2-1-3-5-15/h1-10,20H,11H2. The molecule has 0 unspecified atom stereocenters. The van der Waals surface area contributed by atoms with Crippen molar-refractivity contribution in [2.45, 2.75) is 10.2 Å². The number of rotatable bonds is 5. The molecule has 2 aromatic carbocycles. The highest BCUT2D eigenvalue weighted by atomic mass is 79.9. The smallest absolute Gasteiger partial charge is 0.207 e. The average Bonchev–Trinajstić information content (AvgIpc) is 2.98. The summed E-state index contributed by atoms with van der Waals surface area (Å²) in [5, 5.41) is 4.68. The van der Waals surface area contributed by atoms with E-state index in [0.717, 1.165) is 0 Å². The van der Waals surface area contributed by atoms with Crippen LogP contribution in [0.15, 0.2) is 65.6 Å². The third-order valence-electron chi connectivity index (χ3n) is 3.30. The number of benzene rings is 2. The fourth-order valence-electron chi connectivity index (χ4n) is 2.16. The molecule has 5 nitrogen and oxygen atoms in total. The first-order chi connectivity index (χ1) is 11.5. The highest BCUT2D eigenvalue weighted by Crippen LogP contribution is 2.22. The van der Waals surface area contributed by atoms with Crippen molar-refractivity contribution in [3.63, 3.8) is 0 Å². The van der Waals surface area contributed by atoms with Gasteiger partial charge in [-0.05, 0) is 42.5 Å². The van der Waals surface area contributed by atoms with E-state index in [0.29, 0.717) is 22.3 Å². The second-order valence-corrected chi connectivity index (χ2v) is 7.20. The van der Waals surface area contributed by atoms with Gasteiger partial charge in [0, 0.05) is 10.9 Å². The molecule has 0 bridgehead atoms. The van der Waals surface area contributed by atoms with E-state index in [1.54, 1.807) is 36.4 Å². The van der Waals surface area contributed by atoms with Crippen LogP contribution in [-0.2, 0) is 15.4 Å². The van der Waals surface area contributed by atoms with Gasteiger partial charge in [0.1, 0.15) is 5.82 Å². The van der Waals surface area contributed by atoms with E-state index >= 15 is 0 Å². The molecule has 0 radical (unpaired) electrons. The van der Waals surface area contributed by atoms with Gasteiger partial charge in [-0.1, -0.05) is 34.1 Å². The Balaban J connectivity index is 2.02. The number of hydrogen-bond donors (Lipinski definition) is 1. The van der Waals surface area contributed by atoms with Crippen molar-refractivity contribution >= 4 is 26.0 Å². The van der Waals surface area contributed by atoms with Crippen LogP contribution in [0.4, 0.5) is 4.39 Å². The molecule has 24 heavy (non-hydrogen) atoms. The van der Waals surface area contributed by atoms with Crippen LogP contribution in [-0.4, -0.2) is 18.3 Å². The van der Waals surface area contributed by atoms with E-state index in [1.165, 1.54) is 29.1 Å². The maximum Gasteiger partial charge on any atom is 0.276 e. The summed E-state index contributed by atoms with van der Waals surface area (Å²) in [7, 11) is -3.79. The largest absolute Gasteiger partial charge is 0.276 e. The molecule has 0 atom stereocenters. The zero-order valence-corrected chi connectivity index (χ0v) is 14.8. The summed E-state index contributed by atoms with van der Waals surface area (Å²) in [5.41, 5.74) is 1.81. The van der Waals surface area contributed by atoms with Crippen molar-refractivity contribution in [3.05, 3.63) is 72.2 Å². The van der Waals surface area contributed by atoms with Crippen LogP contribution in [0.1, 0.15) is 5.69 Å². The molecule has 0 aliphatic heterocycles. The molecule has 1 N–H and O–H groups in total. The van der Waals surface area contributed by atoms with Crippen LogP contribution in [0.5, 0.6) is 0 Å². The number of halogens is 2. The van der Waals surface area contributed by atoms with Crippen molar-refractivity contribution in [2.75, 3.05) is 4.83 Å². The van der Waals surface area contributed by atoms with Crippen LogP contribution >= 0.6 is 15.9 Å². The Labute approximate surface area is 147 Å². The van der Waals surface area contributed by atoms with Crippen LogP contribution < -0.4 is 4.83 Å². The molecule has 3 rings (SSSR count). The van der Waals surface area contributed by atoms with Crippen LogP contribution in [0.2, 0.25) is 0 Å². The molecule has 0 aliphatic carbocycles. The van der Waals surface area contributed by atoms with Crippen molar-refractivity contribution in [2.24, 2.45) is 0 Å². The number of sulfonamides is 1. The van der Waals surface area contributed by atoms with Crippen LogP contribution in [0.3, 0.4) is 0 Å². The fraction of sp³-hybridized carbons (Fsp3) is 0.0625. The van der Waals surface area contributed by atoms with Gasteiger partial charge in [-0.15, -0.1) is 0 Å². The minimum atomic E-state index is -3.79. The number of aromatic nitrogens is 2. The zero-order valence-electron chi connectivity index (χ0n) is 12.4. The van der Waals surface area contributed by atoms with Gasteiger partial charge in [0.2, 0.25) is 0 Å². The lowest BCUT2D eigenvalue weighted by molar-refractivity contribution is 0.592. The third-order valence-corrected chi connectivity index (χ3v) is 5.18. The lowest BCUT2D eigenvalue weighted by Crippen LogP contribution is -2.25. The average molecular weight is 410 g/mol. The first-order valence-corrected chi connectivity index (χ1v) is 9.59. The van der Waals surface area contributed by atoms with Crippen LogP contribution in [0, 0.1) is 5.82 Å². The number of alkyl halides is 1. The third kappa shape index (κ3) is 3.49. The molecule has 0 saturated carbocycles. The summed E-state index contributed by atoms with van der Waals surface area (Å²) in [5.74, 6) is -0.365. The Kier molecular flexibility index (Phi) is 4.68. The van der Waals surface area contributed by atoms with E-state index in [1.807, 2.05) is 0 Å². The molecular weight excluding hydrogens is 397 g/mol. The second kappa shape index (κ2) is 6.74. The molecule has 3 aromatic rings. The predicted molar refractivity (Wildman–Crippen MR) is 93.2 cm³/mol. The van der Waals surface area contributed by atoms with Gasteiger partial charge in [-0.25, -0.2) is 4.39 Å². The molecule has 124 valence electrons. The second-order valence-electron chi connectivity index (χ2n) is 4.98. The SMILES string of the molecule is O=S(=O)(Nn1nc(CBr)cc1-c1ccc(F)cc1)c1ccccc1. The Morgan fingerprint density at radius 3 is 2.38 bits per heavy atom. The van der Waals surface area contributed by atoms with Gasteiger partial charge in [0.05, 0.1) is 16.3 Å². The van der Waals surface area contributed by atoms with Gasteiger partial charge in [-0.2, -0.15) is 23.1 Å². The van der Waals surface area contributed by atoms with Gasteiger partial charge in [0.25, 0.3) is 10.0 Å². The molecule has 0 fully saturated rings. The normalized spacial score (nSPS) is 11.4.